The third-order valence-corrected chi connectivity index (χ3v) is 4.01. The Morgan fingerprint density at radius 2 is 1.68 bits per heavy atom. The van der Waals surface area contributed by atoms with Crippen molar-refractivity contribution in [3.8, 4) is 11.5 Å². The molecule has 0 aromatic heterocycles. The summed E-state index contributed by atoms with van der Waals surface area (Å²) < 4.78 is 48.9. The Labute approximate surface area is 158 Å². The number of alkyl halides is 3. The molecule has 2 aromatic rings. The van der Waals surface area contributed by atoms with Crippen molar-refractivity contribution >= 4 is 23.2 Å². The van der Waals surface area contributed by atoms with E-state index >= 15 is 0 Å². The molecule has 0 radical (unpaired) electrons. The highest BCUT2D eigenvalue weighted by molar-refractivity contribution is 6.01. The number of hydrogen-bond donors (Lipinski definition) is 1. The van der Waals surface area contributed by atoms with Gasteiger partial charge in [0, 0.05) is 24.4 Å². The van der Waals surface area contributed by atoms with Crippen LogP contribution in [-0.2, 0) is 15.8 Å². The summed E-state index contributed by atoms with van der Waals surface area (Å²) in [6, 6.07) is 8.92. The van der Waals surface area contributed by atoms with Crippen molar-refractivity contribution in [3.05, 3.63) is 48.0 Å². The van der Waals surface area contributed by atoms with Crippen molar-refractivity contribution < 1.29 is 32.2 Å². The van der Waals surface area contributed by atoms with E-state index in [0.29, 0.717) is 30.4 Å². The van der Waals surface area contributed by atoms with Gasteiger partial charge in [-0.3, -0.25) is 9.59 Å². The van der Waals surface area contributed by atoms with Crippen LogP contribution in [-0.4, -0.2) is 31.6 Å². The number of anilines is 2. The van der Waals surface area contributed by atoms with Gasteiger partial charge in [-0.05, 0) is 36.4 Å². The highest BCUT2D eigenvalue weighted by atomic mass is 19.4. The number of ether oxygens (including phenoxy) is 2. The number of nitrogens with zero attached hydrogens (tertiary/aromatic N) is 1. The van der Waals surface area contributed by atoms with Crippen molar-refractivity contribution in [3.63, 3.8) is 0 Å². The lowest BCUT2D eigenvalue weighted by atomic mass is 10.2. The van der Waals surface area contributed by atoms with Crippen LogP contribution in [0.5, 0.6) is 11.5 Å². The molecule has 1 N–H and O–H groups in total. The SMILES string of the molecule is CC(=O)N(CC(=O)Nc1ccc2c(c1)OCCO2)c1ccc(C(F)(F)F)cc1. The smallest absolute Gasteiger partial charge is 0.416 e. The van der Waals surface area contributed by atoms with Gasteiger partial charge >= 0.3 is 6.18 Å². The number of rotatable bonds is 4. The van der Waals surface area contributed by atoms with Crippen LogP contribution in [0.2, 0.25) is 0 Å². The molecular weight excluding hydrogens is 377 g/mol. The van der Waals surface area contributed by atoms with Crippen molar-refractivity contribution in [1.29, 1.82) is 0 Å². The molecule has 2 aromatic carbocycles. The summed E-state index contributed by atoms with van der Waals surface area (Å²) >= 11 is 0. The number of amides is 2. The maximum atomic E-state index is 12.7. The molecule has 6 nitrogen and oxygen atoms in total. The predicted octanol–water partition coefficient (Wildman–Crippen LogP) is 3.47. The first-order chi connectivity index (χ1) is 13.2. The minimum absolute atomic E-state index is 0.192. The van der Waals surface area contributed by atoms with E-state index < -0.39 is 23.6 Å². The fourth-order valence-electron chi connectivity index (χ4n) is 2.68. The predicted molar refractivity (Wildman–Crippen MR) is 95.5 cm³/mol. The van der Waals surface area contributed by atoms with Crippen LogP contribution in [0.4, 0.5) is 24.5 Å². The van der Waals surface area contributed by atoms with Crippen LogP contribution in [0.1, 0.15) is 12.5 Å². The van der Waals surface area contributed by atoms with Crippen molar-refractivity contribution in [2.45, 2.75) is 13.1 Å². The Bertz CT molecular complexity index is 882. The van der Waals surface area contributed by atoms with Crippen molar-refractivity contribution in [2.75, 3.05) is 30.0 Å². The van der Waals surface area contributed by atoms with E-state index in [4.69, 9.17) is 9.47 Å². The van der Waals surface area contributed by atoms with Gasteiger partial charge in [0.15, 0.2) is 11.5 Å². The van der Waals surface area contributed by atoms with Gasteiger partial charge in [-0.25, -0.2) is 0 Å². The number of hydrogen-bond acceptors (Lipinski definition) is 4. The van der Waals surface area contributed by atoms with Gasteiger partial charge in [0.2, 0.25) is 11.8 Å². The van der Waals surface area contributed by atoms with Crippen LogP contribution in [0, 0.1) is 0 Å². The van der Waals surface area contributed by atoms with Gasteiger partial charge in [0.05, 0.1) is 5.56 Å². The van der Waals surface area contributed by atoms with Crippen LogP contribution in [0.15, 0.2) is 42.5 Å². The first kappa shape index (κ1) is 19.5. The van der Waals surface area contributed by atoms with E-state index in [1.807, 2.05) is 0 Å². The molecule has 0 bridgehead atoms. The summed E-state index contributed by atoms with van der Waals surface area (Å²) in [5.74, 6) is 0.0819. The molecule has 9 heteroatoms. The summed E-state index contributed by atoms with van der Waals surface area (Å²) in [4.78, 5) is 25.3. The van der Waals surface area contributed by atoms with Gasteiger partial charge in [-0.15, -0.1) is 0 Å². The molecule has 1 aliphatic heterocycles. The number of carbonyl (C=O) groups excluding carboxylic acids is 2. The summed E-state index contributed by atoms with van der Waals surface area (Å²) in [5.41, 5.74) is -0.191. The second-order valence-electron chi connectivity index (χ2n) is 6.06. The topological polar surface area (TPSA) is 67.9 Å². The van der Waals surface area contributed by atoms with E-state index in [0.717, 1.165) is 29.2 Å². The molecule has 0 spiro atoms. The molecule has 0 saturated heterocycles. The minimum Gasteiger partial charge on any atom is -0.486 e. The Hall–Kier alpha value is -3.23. The fourth-order valence-corrected chi connectivity index (χ4v) is 2.68. The third-order valence-electron chi connectivity index (χ3n) is 4.01. The third kappa shape index (κ3) is 4.54. The Morgan fingerprint density at radius 3 is 2.29 bits per heavy atom. The number of nitrogens with one attached hydrogen (secondary N) is 1. The van der Waals surface area contributed by atoms with E-state index in [-0.39, 0.29) is 12.2 Å². The normalized spacial score (nSPS) is 13.0. The zero-order chi connectivity index (χ0) is 20.3. The highest BCUT2D eigenvalue weighted by Gasteiger charge is 2.30. The molecule has 0 saturated carbocycles. The maximum absolute atomic E-state index is 12.7. The number of halogens is 3. The summed E-state index contributed by atoms with van der Waals surface area (Å²) in [6.07, 6.45) is -4.48. The van der Waals surface area contributed by atoms with Crippen LogP contribution in [0.3, 0.4) is 0 Å². The lowest BCUT2D eigenvalue weighted by Crippen LogP contribution is -2.36. The molecule has 148 valence electrons. The molecule has 0 fully saturated rings. The monoisotopic (exact) mass is 394 g/mol. The summed E-state index contributed by atoms with van der Waals surface area (Å²) in [7, 11) is 0. The Kier molecular flexibility index (Phi) is 5.43. The molecule has 28 heavy (non-hydrogen) atoms. The van der Waals surface area contributed by atoms with Crippen LogP contribution in [0.25, 0.3) is 0 Å². The molecule has 2 amide bonds. The molecule has 0 aliphatic carbocycles. The lowest BCUT2D eigenvalue weighted by Gasteiger charge is -2.22. The van der Waals surface area contributed by atoms with E-state index in [2.05, 4.69) is 5.32 Å². The number of fused-ring (bicyclic) bond motifs is 1. The minimum atomic E-state index is -4.48. The van der Waals surface area contributed by atoms with Gasteiger partial charge in [0.1, 0.15) is 19.8 Å². The van der Waals surface area contributed by atoms with E-state index in [1.165, 1.54) is 6.92 Å². The highest BCUT2D eigenvalue weighted by Crippen LogP contribution is 2.33. The summed E-state index contributed by atoms with van der Waals surface area (Å²) in [6.45, 7) is 1.72. The van der Waals surface area contributed by atoms with Crippen molar-refractivity contribution in [1.82, 2.24) is 0 Å². The average Bonchev–Trinajstić information content (AvgIpc) is 2.65. The number of carbonyl (C=O) groups is 2. The second kappa shape index (κ2) is 7.79. The van der Waals surface area contributed by atoms with Crippen LogP contribution >= 0.6 is 0 Å². The molecular formula is C19H17F3N2O4. The Morgan fingerprint density at radius 1 is 1.04 bits per heavy atom. The maximum Gasteiger partial charge on any atom is 0.416 e. The molecule has 3 rings (SSSR count). The first-order valence-electron chi connectivity index (χ1n) is 8.39. The van der Waals surface area contributed by atoms with Gasteiger partial charge in [-0.2, -0.15) is 13.2 Å². The van der Waals surface area contributed by atoms with Crippen LogP contribution < -0.4 is 19.7 Å². The second-order valence-corrected chi connectivity index (χ2v) is 6.06. The van der Waals surface area contributed by atoms with E-state index in [9.17, 15) is 22.8 Å². The Balaban J connectivity index is 1.70. The van der Waals surface area contributed by atoms with Gasteiger partial charge in [0.25, 0.3) is 0 Å². The quantitative estimate of drug-likeness (QED) is 0.862. The van der Waals surface area contributed by atoms with E-state index in [1.54, 1.807) is 18.2 Å². The van der Waals surface area contributed by atoms with Crippen molar-refractivity contribution in [2.24, 2.45) is 0 Å². The fraction of sp³-hybridized carbons (Fsp3) is 0.263. The zero-order valence-electron chi connectivity index (χ0n) is 14.9. The van der Waals surface area contributed by atoms with Gasteiger partial charge < -0.3 is 19.7 Å². The molecule has 0 unspecified atom stereocenters. The first-order valence-corrected chi connectivity index (χ1v) is 8.39. The lowest BCUT2D eigenvalue weighted by molar-refractivity contribution is -0.137. The molecule has 1 heterocycles. The summed E-state index contributed by atoms with van der Waals surface area (Å²) in [5, 5.41) is 2.63. The zero-order valence-corrected chi connectivity index (χ0v) is 14.9. The molecule has 1 aliphatic rings. The van der Waals surface area contributed by atoms with Gasteiger partial charge in [-0.1, -0.05) is 0 Å². The average molecular weight is 394 g/mol. The largest absolute Gasteiger partial charge is 0.486 e. The number of benzene rings is 2. The standard InChI is InChI=1S/C19H17F3N2O4/c1-12(25)24(15-5-2-13(3-6-15)19(20,21)22)11-18(26)23-14-4-7-16-17(10-14)28-9-8-27-16/h2-7,10H,8-9,11H2,1H3,(H,23,26). The molecule has 0 atom stereocenters.